The lowest BCUT2D eigenvalue weighted by Gasteiger charge is -2.41. The standard InChI is InChI=1S/C30H39NO2/c1-6-31-20-19-30(33,18-17-25-9-14-27(15-10-25)23(4)5)28(21-31)29(32)16-11-24-7-12-26(13-8-24)22(2)3/h7-18,22-23,28,33H,6,19-21H2,1-5H3/b16-11+,18-17+/t28-,30-/m0/s1. The van der Waals surface area contributed by atoms with Crippen LogP contribution in [0.2, 0.25) is 0 Å². The first-order valence-corrected chi connectivity index (χ1v) is 12.3. The molecule has 2 aromatic carbocycles. The van der Waals surface area contributed by atoms with Crippen molar-refractivity contribution in [2.24, 2.45) is 5.92 Å². The van der Waals surface area contributed by atoms with Crippen molar-refractivity contribution in [1.29, 1.82) is 0 Å². The lowest BCUT2D eigenvalue weighted by atomic mass is 9.77. The first-order chi connectivity index (χ1) is 15.7. The highest BCUT2D eigenvalue weighted by Crippen LogP contribution is 2.32. The molecule has 2 atom stereocenters. The first-order valence-electron chi connectivity index (χ1n) is 12.3. The van der Waals surface area contributed by atoms with Crippen LogP contribution in [0, 0.1) is 5.92 Å². The molecular weight excluding hydrogens is 406 g/mol. The van der Waals surface area contributed by atoms with E-state index in [0.717, 1.165) is 24.2 Å². The molecule has 0 saturated carbocycles. The molecule has 176 valence electrons. The SMILES string of the molecule is CCN1CC[C@@](O)(/C=C/c2ccc(C(C)C)cc2)[C@H](C(=O)/C=C/c2ccc(C(C)C)cc2)C1. The minimum atomic E-state index is -1.15. The monoisotopic (exact) mass is 445 g/mol. The van der Waals surface area contributed by atoms with Gasteiger partial charge in [-0.15, -0.1) is 0 Å². The molecule has 1 aliphatic rings. The highest BCUT2D eigenvalue weighted by molar-refractivity contribution is 5.96. The molecule has 3 rings (SSSR count). The number of rotatable bonds is 8. The van der Waals surface area contributed by atoms with Crippen molar-refractivity contribution in [3.8, 4) is 0 Å². The van der Waals surface area contributed by atoms with Crippen molar-refractivity contribution in [1.82, 2.24) is 4.90 Å². The minimum absolute atomic E-state index is 0.0246. The van der Waals surface area contributed by atoms with Gasteiger partial charge in [-0.3, -0.25) is 4.79 Å². The molecule has 1 aliphatic heterocycles. The van der Waals surface area contributed by atoms with Gasteiger partial charge >= 0.3 is 0 Å². The van der Waals surface area contributed by atoms with Crippen LogP contribution in [0.1, 0.15) is 75.1 Å². The summed E-state index contributed by atoms with van der Waals surface area (Å²) < 4.78 is 0. The first kappa shape index (κ1) is 25.1. The van der Waals surface area contributed by atoms with Crippen LogP contribution in [0.25, 0.3) is 12.2 Å². The number of piperidine rings is 1. The molecule has 0 spiro atoms. The van der Waals surface area contributed by atoms with Gasteiger partial charge in [-0.1, -0.05) is 101 Å². The number of carbonyl (C=O) groups is 1. The van der Waals surface area contributed by atoms with Crippen molar-refractivity contribution < 1.29 is 9.90 Å². The van der Waals surface area contributed by atoms with E-state index in [9.17, 15) is 9.90 Å². The maximum atomic E-state index is 13.2. The van der Waals surface area contributed by atoms with Gasteiger partial charge in [0.05, 0.1) is 11.5 Å². The normalized spacial score (nSPS) is 22.1. The zero-order valence-electron chi connectivity index (χ0n) is 20.8. The third-order valence-electron chi connectivity index (χ3n) is 6.87. The molecule has 3 nitrogen and oxygen atoms in total. The summed E-state index contributed by atoms with van der Waals surface area (Å²) >= 11 is 0. The Kier molecular flexibility index (Phi) is 8.45. The van der Waals surface area contributed by atoms with Gasteiger partial charge in [-0.25, -0.2) is 0 Å². The predicted molar refractivity (Wildman–Crippen MR) is 139 cm³/mol. The van der Waals surface area contributed by atoms with Crippen LogP contribution < -0.4 is 0 Å². The second kappa shape index (κ2) is 11.1. The lowest BCUT2D eigenvalue weighted by molar-refractivity contribution is -0.129. The molecule has 0 unspecified atom stereocenters. The quantitative estimate of drug-likeness (QED) is 0.485. The number of hydrogen-bond donors (Lipinski definition) is 1. The van der Waals surface area contributed by atoms with E-state index in [1.807, 2.05) is 30.4 Å². The summed E-state index contributed by atoms with van der Waals surface area (Å²) in [5, 5.41) is 11.5. The summed E-state index contributed by atoms with van der Waals surface area (Å²) in [6, 6.07) is 16.7. The number of likely N-dealkylation sites (tertiary alicyclic amines) is 1. The largest absolute Gasteiger partial charge is 0.385 e. The summed E-state index contributed by atoms with van der Waals surface area (Å²) in [5.41, 5.74) is 3.47. The number of carbonyl (C=O) groups excluding carboxylic acids is 1. The van der Waals surface area contributed by atoms with Gasteiger partial charge in [0.1, 0.15) is 0 Å². The van der Waals surface area contributed by atoms with Crippen LogP contribution >= 0.6 is 0 Å². The smallest absolute Gasteiger partial charge is 0.163 e. The Hall–Kier alpha value is -2.49. The molecule has 0 aliphatic carbocycles. The molecule has 0 bridgehead atoms. The summed E-state index contributed by atoms with van der Waals surface area (Å²) in [6.07, 6.45) is 7.86. The number of hydrogen-bond acceptors (Lipinski definition) is 3. The Bertz CT molecular complexity index is 969. The molecule has 1 saturated heterocycles. The van der Waals surface area contributed by atoms with Crippen molar-refractivity contribution in [2.75, 3.05) is 19.6 Å². The number of allylic oxidation sites excluding steroid dienone is 1. The third kappa shape index (κ3) is 6.52. The third-order valence-corrected chi connectivity index (χ3v) is 6.87. The molecule has 0 radical (unpaired) electrons. The Morgan fingerprint density at radius 2 is 1.48 bits per heavy atom. The topological polar surface area (TPSA) is 40.5 Å². The fraction of sp³-hybridized carbons (Fsp3) is 0.433. The van der Waals surface area contributed by atoms with E-state index in [2.05, 4.69) is 75.9 Å². The number of benzene rings is 2. The molecule has 33 heavy (non-hydrogen) atoms. The number of nitrogens with zero attached hydrogens (tertiary/aromatic N) is 1. The number of ketones is 1. The summed E-state index contributed by atoms with van der Waals surface area (Å²) in [6.45, 7) is 13.0. The molecular formula is C30H39NO2. The van der Waals surface area contributed by atoms with Crippen molar-refractivity contribution in [3.63, 3.8) is 0 Å². The van der Waals surface area contributed by atoms with Crippen LogP contribution in [-0.2, 0) is 4.79 Å². The average Bonchev–Trinajstić information content (AvgIpc) is 2.82. The van der Waals surface area contributed by atoms with Crippen molar-refractivity contribution in [3.05, 3.63) is 82.9 Å². The zero-order valence-corrected chi connectivity index (χ0v) is 20.8. The second-order valence-electron chi connectivity index (χ2n) is 9.90. The Balaban J connectivity index is 1.78. The van der Waals surface area contributed by atoms with E-state index in [1.165, 1.54) is 11.1 Å². The van der Waals surface area contributed by atoms with Gasteiger partial charge in [0.2, 0.25) is 0 Å². The summed E-state index contributed by atoms with van der Waals surface area (Å²) in [5.74, 6) is 0.461. The van der Waals surface area contributed by atoms with Gasteiger partial charge < -0.3 is 10.0 Å². The predicted octanol–water partition coefficient (Wildman–Crippen LogP) is 6.30. The lowest BCUT2D eigenvalue weighted by Crippen LogP contribution is -2.53. The Morgan fingerprint density at radius 1 is 0.970 bits per heavy atom. The maximum Gasteiger partial charge on any atom is 0.163 e. The molecule has 1 heterocycles. The van der Waals surface area contributed by atoms with Crippen LogP contribution in [0.15, 0.2) is 60.7 Å². The average molecular weight is 446 g/mol. The van der Waals surface area contributed by atoms with Crippen LogP contribution in [0.3, 0.4) is 0 Å². The summed E-state index contributed by atoms with van der Waals surface area (Å²) in [4.78, 5) is 15.5. The van der Waals surface area contributed by atoms with Crippen molar-refractivity contribution >= 4 is 17.9 Å². The van der Waals surface area contributed by atoms with E-state index < -0.39 is 11.5 Å². The van der Waals surface area contributed by atoms with Gasteiger partial charge in [0.25, 0.3) is 0 Å². The van der Waals surface area contributed by atoms with Gasteiger partial charge in [-0.05, 0) is 53.1 Å². The molecule has 1 fully saturated rings. The maximum absolute atomic E-state index is 13.2. The van der Waals surface area contributed by atoms with Crippen molar-refractivity contribution in [2.45, 2.75) is 58.5 Å². The van der Waals surface area contributed by atoms with E-state index in [1.54, 1.807) is 6.08 Å². The second-order valence-corrected chi connectivity index (χ2v) is 9.90. The Morgan fingerprint density at radius 3 is 1.97 bits per heavy atom. The van der Waals surface area contributed by atoms with Gasteiger partial charge in [-0.2, -0.15) is 0 Å². The molecule has 2 aromatic rings. The van der Waals surface area contributed by atoms with Crippen LogP contribution in [0.5, 0.6) is 0 Å². The van der Waals surface area contributed by atoms with E-state index in [4.69, 9.17) is 0 Å². The fourth-order valence-corrected chi connectivity index (χ4v) is 4.36. The van der Waals surface area contributed by atoms with Gasteiger partial charge in [0, 0.05) is 13.1 Å². The summed E-state index contributed by atoms with van der Waals surface area (Å²) in [7, 11) is 0. The minimum Gasteiger partial charge on any atom is -0.385 e. The highest BCUT2D eigenvalue weighted by Gasteiger charge is 2.42. The highest BCUT2D eigenvalue weighted by atomic mass is 16.3. The number of aliphatic hydroxyl groups is 1. The van der Waals surface area contributed by atoms with Crippen LogP contribution in [0.4, 0.5) is 0 Å². The van der Waals surface area contributed by atoms with E-state index >= 15 is 0 Å². The molecule has 1 N–H and O–H groups in total. The van der Waals surface area contributed by atoms with Crippen LogP contribution in [-0.4, -0.2) is 41.0 Å². The van der Waals surface area contributed by atoms with E-state index in [0.29, 0.717) is 24.8 Å². The molecule has 3 heteroatoms. The van der Waals surface area contributed by atoms with Gasteiger partial charge in [0.15, 0.2) is 5.78 Å². The molecule has 0 aromatic heterocycles. The fourth-order valence-electron chi connectivity index (χ4n) is 4.36. The molecule has 0 amide bonds. The Labute approximate surface area is 199 Å². The zero-order chi connectivity index (χ0) is 24.0. The van der Waals surface area contributed by atoms with E-state index in [-0.39, 0.29) is 5.78 Å².